The molecule has 1 aromatic rings. The summed E-state index contributed by atoms with van der Waals surface area (Å²) in [6.45, 7) is 12.6. The Hall–Kier alpha value is -1.06. The minimum Gasteiger partial charge on any atom is -0.493 e. The molecular weight excluding hydrogens is 262 g/mol. The predicted octanol–water partition coefficient (Wildman–Crippen LogP) is 3.57. The lowest BCUT2D eigenvalue weighted by atomic mass is 10.1. The molecule has 1 fully saturated rings. The molecule has 2 rings (SSSR count). The summed E-state index contributed by atoms with van der Waals surface area (Å²) in [6.07, 6.45) is 3.01. The third-order valence-corrected chi connectivity index (χ3v) is 4.02. The molecule has 3 nitrogen and oxygen atoms in total. The number of hydrogen-bond acceptors (Lipinski definition) is 3. The predicted molar refractivity (Wildman–Crippen MR) is 87.1 cm³/mol. The van der Waals surface area contributed by atoms with Crippen LogP contribution in [0.5, 0.6) is 5.75 Å². The molecule has 21 heavy (non-hydrogen) atoms. The van der Waals surface area contributed by atoms with Gasteiger partial charge in [-0.1, -0.05) is 18.2 Å². The maximum Gasteiger partial charge on any atom is 0.125 e. The largest absolute Gasteiger partial charge is 0.493 e. The lowest BCUT2D eigenvalue weighted by molar-refractivity contribution is -0.0682. The van der Waals surface area contributed by atoms with Gasteiger partial charge in [0.2, 0.25) is 0 Å². The minimum atomic E-state index is 0.361. The van der Waals surface area contributed by atoms with Crippen LogP contribution in [-0.2, 0) is 4.74 Å². The number of unbranched alkanes of at least 4 members (excludes halogenated alkanes) is 1. The van der Waals surface area contributed by atoms with Gasteiger partial charge in [-0.3, -0.25) is 4.90 Å². The number of para-hydroxylation sites is 1. The highest BCUT2D eigenvalue weighted by molar-refractivity contribution is 5.39. The zero-order valence-corrected chi connectivity index (χ0v) is 13.9. The van der Waals surface area contributed by atoms with Crippen LogP contribution in [0, 0.1) is 13.8 Å². The van der Waals surface area contributed by atoms with Gasteiger partial charge in [-0.05, 0) is 58.2 Å². The van der Waals surface area contributed by atoms with Crippen LogP contribution in [0.25, 0.3) is 0 Å². The molecule has 1 heterocycles. The Morgan fingerprint density at radius 3 is 2.33 bits per heavy atom. The number of benzene rings is 1. The number of nitrogens with zero attached hydrogens (tertiary/aromatic N) is 1. The highest BCUT2D eigenvalue weighted by Crippen LogP contribution is 2.22. The van der Waals surface area contributed by atoms with Gasteiger partial charge in [0.05, 0.1) is 18.8 Å². The first-order valence-electron chi connectivity index (χ1n) is 8.13. The van der Waals surface area contributed by atoms with Gasteiger partial charge in [0, 0.05) is 13.1 Å². The molecule has 1 aliphatic heterocycles. The number of hydrogen-bond donors (Lipinski definition) is 0. The molecule has 0 aliphatic carbocycles. The molecule has 0 amide bonds. The second-order valence-electron chi connectivity index (χ2n) is 6.29. The first-order chi connectivity index (χ1) is 10.1. The van der Waals surface area contributed by atoms with Crippen LogP contribution >= 0.6 is 0 Å². The monoisotopic (exact) mass is 291 g/mol. The van der Waals surface area contributed by atoms with Crippen molar-refractivity contribution >= 4 is 0 Å². The summed E-state index contributed by atoms with van der Waals surface area (Å²) < 4.78 is 11.7. The molecular formula is C18H29NO2. The van der Waals surface area contributed by atoms with E-state index in [0.29, 0.717) is 12.2 Å². The number of aryl methyl sites for hydroxylation is 2. The van der Waals surface area contributed by atoms with E-state index in [2.05, 4.69) is 50.8 Å². The third-order valence-electron chi connectivity index (χ3n) is 4.02. The van der Waals surface area contributed by atoms with Crippen molar-refractivity contribution in [3.8, 4) is 5.75 Å². The topological polar surface area (TPSA) is 21.7 Å². The van der Waals surface area contributed by atoms with Crippen LogP contribution in [0.4, 0.5) is 0 Å². The molecule has 0 spiro atoms. The molecule has 118 valence electrons. The molecule has 1 aliphatic rings. The summed E-state index contributed by atoms with van der Waals surface area (Å²) in [5.41, 5.74) is 2.46. The molecule has 0 unspecified atom stereocenters. The van der Waals surface area contributed by atoms with E-state index < -0.39 is 0 Å². The summed E-state index contributed by atoms with van der Waals surface area (Å²) in [6, 6.07) is 6.30. The first kappa shape index (κ1) is 16.3. The van der Waals surface area contributed by atoms with Crippen LogP contribution in [0.1, 0.15) is 37.8 Å². The fourth-order valence-electron chi connectivity index (χ4n) is 3.11. The number of morpholine rings is 1. The van der Waals surface area contributed by atoms with Gasteiger partial charge in [-0.25, -0.2) is 0 Å². The Balaban J connectivity index is 1.66. The zero-order valence-electron chi connectivity index (χ0n) is 13.9. The van der Waals surface area contributed by atoms with Crippen LogP contribution in [0.15, 0.2) is 18.2 Å². The van der Waals surface area contributed by atoms with Gasteiger partial charge in [0.15, 0.2) is 0 Å². The molecule has 0 saturated carbocycles. The average molecular weight is 291 g/mol. The smallest absolute Gasteiger partial charge is 0.125 e. The normalized spacial score (nSPS) is 23.2. The number of ether oxygens (including phenoxy) is 2. The average Bonchev–Trinajstić information content (AvgIpc) is 2.40. The first-order valence-corrected chi connectivity index (χ1v) is 8.13. The zero-order chi connectivity index (χ0) is 15.2. The van der Waals surface area contributed by atoms with Gasteiger partial charge in [0.25, 0.3) is 0 Å². The van der Waals surface area contributed by atoms with Gasteiger partial charge in [0.1, 0.15) is 5.75 Å². The Bertz CT molecular complexity index is 417. The Labute approximate surface area is 129 Å². The quantitative estimate of drug-likeness (QED) is 0.748. The highest BCUT2D eigenvalue weighted by atomic mass is 16.5. The summed E-state index contributed by atoms with van der Waals surface area (Å²) in [5.74, 6) is 1.06. The van der Waals surface area contributed by atoms with Crippen molar-refractivity contribution < 1.29 is 9.47 Å². The van der Waals surface area contributed by atoms with Crippen molar-refractivity contribution in [1.29, 1.82) is 0 Å². The van der Waals surface area contributed by atoms with E-state index in [9.17, 15) is 0 Å². The molecule has 0 N–H and O–H groups in total. The molecule has 0 aromatic heterocycles. The maximum absolute atomic E-state index is 5.96. The van der Waals surface area contributed by atoms with Crippen molar-refractivity contribution in [2.75, 3.05) is 26.2 Å². The molecule has 2 atom stereocenters. The fraction of sp³-hybridized carbons (Fsp3) is 0.667. The Morgan fingerprint density at radius 2 is 1.71 bits per heavy atom. The van der Waals surface area contributed by atoms with E-state index in [0.717, 1.165) is 38.4 Å². The van der Waals surface area contributed by atoms with Crippen molar-refractivity contribution in [2.24, 2.45) is 0 Å². The van der Waals surface area contributed by atoms with Crippen molar-refractivity contribution in [3.05, 3.63) is 29.3 Å². The maximum atomic E-state index is 5.96. The lowest BCUT2D eigenvalue weighted by Crippen LogP contribution is -2.45. The van der Waals surface area contributed by atoms with Crippen molar-refractivity contribution in [3.63, 3.8) is 0 Å². The fourth-order valence-corrected chi connectivity index (χ4v) is 3.11. The van der Waals surface area contributed by atoms with Crippen LogP contribution in [0.3, 0.4) is 0 Å². The van der Waals surface area contributed by atoms with Crippen LogP contribution in [0.2, 0.25) is 0 Å². The van der Waals surface area contributed by atoms with E-state index in [1.165, 1.54) is 17.5 Å². The SMILES string of the molecule is Cc1cccc(C)c1OCCCCN1C[C@@H](C)O[C@H](C)C1. The Kier molecular flexibility index (Phi) is 6.07. The van der Waals surface area contributed by atoms with E-state index in [4.69, 9.17) is 9.47 Å². The molecule has 1 aromatic carbocycles. The van der Waals surface area contributed by atoms with Gasteiger partial charge >= 0.3 is 0 Å². The Morgan fingerprint density at radius 1 is 1.10 bits per heavy atom. The van der Waals surface area contributed by atoms with Crippen LogP contribution < -0.4 is 4.74 Å². The summed E-state index contributed by atoms with van der Waals surface area (Å²) >= 11 is 0. The van der Waals surface area contributed by atoms with E-state index in [1.54, 1.807) is 0 Å². The van der Waals surface area contributed by atoms with Crippen molar-refractivity contribution in [1.82, 2.24) is 4.90 Å². The van der Waals surface area contributed by atoms with Crippen molar-refractivity contribution in [2.45, 2.75) is 52.7 Å². The minimum absolute atomic E-state index is 0.361. The van der Waals surface area contributed by atoms with Gasteiger partial charge < -0.3 is 9.47 Å². The summed E-state index contributed by atoms with van der Waals surface area (Å²) in [7, 11) is 0. The van der Waals surface area contributed by atoms with E-state index in [-0.39, 0.29) is 0 Å². The van der Waals surface area contributed by atoms with Gasteiger partial charge in [-0.15, -0.1) is 0 Å². The summed E-state index contributed by atoms with van der Waals surface area (Å²) in [5, 5.41) is 0. The molecule has 1 saturated heterocycles. The molecule has 3 heteroatoms. The van der Waals surface area contributed by atoms with E-state index >= 15 is 0 Å². The molecule has 0 bridgehead atoms. The van der Waals surface area contributed by atoms with Crippen LogP contribution in [-0.4, -0.2) is 43.3 Å². The van der Waals surface area contributed by atoms with Gasteiger partial charge in [-0.2, -0.15) is 0 Å². The number of rotatable bonds is 6. The second-order valence-corrected chi connectivity index (χ2v) is 6.29. The highest BCUT2D eigenvalue weighted by Gasteiger charge is 2.21. The third kappa shape index (κ3) is 5.01. The lowest BCUT2D eigenvalue weighted by Gasteiger charge is -2.35. The van der Waals surface area contributed by atoms with E-state index in [1.807, 2.05) is 0 Å². The second kappa shape index (κ2) is 7.81. The molecule has 0 radical (unpaired) electrons. The summed E-state index contributed by atoms with van der Waals surface area (Å²) in [4.78, 5) is 2.51. The standard InChI is InChI=1S/C18H29NO2/c1-14-8-7-9-15(2)18(14)20-11-6-5-10-19-12-16(3)21-17(4)13-19/h7-9,16-17H,5-6,10-13H2,1-4H3/t16-,17-/m1/s1.